The average Bonchev–Trinajstić information content (AvgIpc) is 2.75. The van der Waals surface area contributed by atoms with Crippen molar-refractivity contribution in [3.63, 3.8) is 0 Å². The van der Waals surface area contributed by atoms with Gasteiger partial charge in [-0.1, -0.05) is 19.1 Å². The Morgan fingerprint density at radius 2 is 1.77 bits per heavy atom. The molecule has 154 valence electrons. The first kappa shape index (κ1) is 20.5. The largest absolute Gasteiger partial charge is 0.493 e. The van der Waals surface area contributed by atoms with E-state index in [1.165, 1.54) is 24.3 Å². The number of fused-ring (bicyclic) bond motifs is 1. The topological polar surface area (TPSA) is 141 Å². The fourth-order valence-electron chi connectivity index (χ4n) is 2.63. The molecule has 0 saturated carbocycles. The molecule has 0 fully saturated rings. The highest BCUT2D eigenvalue weighted by atomic mass is 16.6. The first-order valence-electron chi connectivity index (χ1n) is 8.95. The number of benzene rings is 2. The van der Waals surface area contributed by atoms with Gasteiger partial charge in [0, 0.05) is 17.5 Å². The fourth-order valence-corrected chi connectivity index (χ4v) is 2.63. The van der Waals surface area contributed by atoms with Crippen LogP contribution in [0, 0.1) is 10.1 Å². The molecule has 10 heteroatoms. The summed E-state index contributed by atoms with van der Waals surface area (Å²) in [5.74, 6) is -1.30. The summed E-state index contributed by atoms with van der Waals surface area (Å²) in [6.45, 7) is 2.47. The molecule has 3 rings (SSSR count). The number of nitrogens with zero attached hydrogens (tertiary/aromatic N) is 1. The van der Waals surface area contributed by atoms with Crippen LogP contribution in [0.15, 0.2) is 57.7 Å². The molecule has 0 radical (unpaired) electrons. The van der Waals surface area contributed by atoms with E-state index in [0.717, 1.165) is 12.5 Å². The number of ether oxygens (including phenoxy) is 1. The van der Waals surface area contributed by atoms with Crippen molar-refractivity contribution in [2.75, 3.05) is 6.61 Å². The van der Waals surface area contributed by atoms with Crippen molar-refractivity contribution in [3.05, 3.63) is 80.2 Å². The standard InChI is InChI=1S/C20H17N3O7/c1-2-9-29-13-8-7-12-10-15(20(26)30-17(12)11-13)19(25)22-21-18(24)14-5-3-4-6-16(14)23(27)28/h3-8,10-11H,2,9H2,1H3,(H,21,24)(H,22,25). The van der Waals surface area contributed by atoms with Gasteiger partial charge in [-0.3, -0.25) is 30.6 Å². The van der Waals surface area contributed by atoms with E-state index in [1.807, 2.05) is 6.92 Å². The van der Waals surface area contributed by atoms with Crippen LogP contribution in [0.2, 0.25) is 0 Å². The van der Waals surface area contributed by atoms with Gasteiger partial charge in [-0.15, -0.1) is 0 Å². The first-order chi connectivity index (χ1) is 14.4. The van der Waals surface area contributed by atoms with Crippen LogP contribution in [0.1, 0.15) is 34.1 Å². The third-order valence-corrected chi connectivity index (χ3v) is 4.06. The number of carbonyl (C=O) groups is 2. The third kappa shape index (κ3) is 4.43. The summed E-state index contributed by atoms with van der Waals surface area (Å²) >= 11 is 0. The number of amides is 2. The fraction of sp³-hybridized carbons (Fsp3) is 0.150. The second kappa shape index (κ2) is 8.86. The molecule has 3 aromatic rings. The quantitative estimate of drug-likeness (QED) is 0.361. The zero-order chi connectivity index (χ0) is 21.7. The van der Waals surface area contributed by atoms with Crippen molar-refractivity contribution in [1.29, 1.82) is 0 Å². The lowest BCUT2D eigenvalue weighted by molar-refractivity contribution is -0.385. The Kier molecular flexibility index (Phi) is 6.06. The van der Waals surface area contributed by atoms with Gasteiger partial charge in [0.25, 0.3) is 17.5 Å². The number of nitro benzene ring substituents is 1. The van der Waals surface area contributed by atoms with Crippen molar-refractivity contribution in [2.24, 2.45) is 0 Å². The van der Waals surface area contributed by atoms with Crippen LogP contribution < -0.4 is 21.2 Å². The Labute approximate surface area is 169 Å². The van der Waals surface area contributed by atoms with Crippen LogP contribution >= 0.6 is 0 Å². The van der Waals surface area contributed by atoms with Crippen LogP contribution in [0.5, 0.6) is 5.75 Å². The average molecular weight is 411 g/mol. The molecule has 0 aliphatic rings. The van der Waals surface area contributed by atoms with E-state index in [4.69, 9.17) is 9.15 Å². The van der Waals surface area contributed by atoms with Crippen molar-refractivity contribution in [1.82, 2.24) is 10.9 Å². The lowest BCUT2D eigenvalue weighted by Crippen LogP contribution is -2.43. The number of carbonyl (C=O) groups excluding carboxylic acids is 2. The summed E-state index contributed by atoms with van der Waals surface area (Å²) in [4.78, 5) is 47.0. The molecule has 1 aromatic heterocycles. The first-order valence-corrected chi connectivity index (χ1v) is 8.95. The number of hydrogen-bond acceptors (Lipinski definition) is 7. The Balaban J connectivity index is 1.77. The van der Waals surface area contributed by atoms with Gasteiger partial charge in [0.1, 0.15) is 22.5 Å². The second-order valence-corrected chi connectivity index (χ2v) is 6.18. The molecule has 0 saturated heterocycles. The molecule has 0 bridgehead atoms. The molecule has 30 heavy (non-hydrogen) atoms. The van der Waals surface area contributed by atoms with E-state index in [-0.39, 0.29) is 16.7 Å². The van der Waals surface area contributed by atoms with Crippen molar-refractivity contribution < 1.29 is 23.7 Å². The van der Waals surface area contributed by atoms with E-state index in [2.05, 4.69) is 10.9 Å². The Hall–Kier alpha value is -4.21. The van der Waals surface area contributed by atoms with E-state index >= 15 is 0 Å². The number of nitro groups is 1. The van der Waals surface area contributed by atoms with Gasteiger partial charge in [0.05, 0.1) is 11.5 Å². The van der Waals surface area contributed by atoms with Crippen LogP contribution in [0.3, 0.4) is 0 Å². The summed E-state index contributed by atoms with van der Waals surface area (Å²) in [6.07, 6.45) is 0.818. The van der Waals surface area contributed by atoms with Gasteiger partial charge in [-0.25, -0.2) is 4.79 Å². The van der Waals surface area contributed by atoms with Gasteiger partial charge < -0.3 is 9.15 Å². The third-order valence-electron chi connectivity index (χ3n) is 4.06. The molecular formula is C20H17N3O7. The predicted octanol–water partition coefficient (Wildman–Crippen LogP) is 2.56. The highest BCUT2D eigenvalue weighted by molar-refractivity contribution is 6.01. The predicted molar refractivity (Wildman–Crippen MR) is 106 cm³/mol. The lowest BCUT2D eigenvalue weighted by atomic mass is 10.1. The lowest BCUT2D eigenvalue weighted by Gasteiger charge is -2.08. The van der Waals surface area contributed by atoms with Crippen LogP contribution in [0.25, 0.3) is 11.0 Å². The molecule has 0 unspecified atom stereocenters. The molecule has 0 aliphatic carbocycles. The molecule has 10 nitrogen and oxygen atoms in total. The monoisotopic (exact) mass is 411 g/mol. The Morgan fingerprint density at radius 1 is 1.07 bits per heavy atom. The van der Waals surface area contributed by atoms with E-state index < -0.39 is 28.1 Å². The van der Waals surface area contributed by atoms with Crippen molar-refractivity contribution in [3.8, 4) is 5.75 Å². The van der Waals surface area contributed by atoms with Gasteiger partial charge in [-0.05, 0) is 30.7 Å². The summed E-state index contributed by atoms with van der Waals surface area (Å²) in [7, 11) is 0. The minimum Gasteiger partial charge on any atom is -0.493 e. The molecular weight excluding hydrogens is 394 g/mol. The van der Waals surface area contributed by atoms with Crippen molar-refractivity contribution >= 4 is 28.5 Å². The van der Waals surface area contributed by atoms with Gasteiger partial charge in [-0.2, -0.15) is 0 Å². The smallest absolute Gasteiger partial charge is 0.349 e. The van der Waals surface area contributed by atoms with Gasteiger partial charge in [0.15, 0.2) is 0 Å². The van der Waals surface area contributed by atoms with E-state index in [9.17, 15) is 24.5 Å². The van der Waals surface area contributed by atoms with Crippen LogP contribution in [0.4, 0.5) is 5.69 Å². The number of rotatable bonds is 6. The zero-order valence-corrected chi connectivity index (χ0v) is 15.8. The maximum atomic E-state index is 12.3. The van der Waals surface area contributed by atoms with Crippen LogP contribution in [-0.2, 0) is 0 Å². The number of nitrogens with one attached hydrogen (secondary N) is 2. The molecule has 1 heterocycles. The number of para-hydroxylation sites is 1. The van der Waals surface area contributed by atoms with E-state index in [1.54, 1.807) is 18.2 Å². The molecule has 2 amide bonds. The second-order valence-electron chi connectivity index (χ2n) is 6.18. The summed E-state index contributed by atoms with van der Waals surface area (Å²) in [5.41, 5.74) is 2.45. The van der Waals surface area contributed by atoms with Gasteiger partial charge in [0.2, 0.25) is 0 Å². The highest BCUT2D eigenvalue weighted by Gasteiger charge is 2.20. The minimum absolute atomic E-state index is 0.243. The zero-order valence-electron chi connectivity index (χ0n) is 15.8. The molecule has 2 N–H and O–H groups in total. The van der Waals surface area contributed by atoms with Crippen LogP contribution in [-0.4, -0.2) is 23.3 Å². The summed E-state index contributed by atoms with van der Waals surface area (Å²) < 4.78 is 10.7. The molecule has 0 spiro atoms. The maximum Gasteiger partial charge on any atom is 0.349 e. The molecule has 0 aliphatic heterocycles. The highest BCUT2D eigenvalue weighted by Crippen LogP contribution is 2.21. The maximum absolute atomic E-state index is 12.3. The molecule has 0 atom stereocenters. The normalized spacial score (nSPS) is 10.4. The minimum atomic E-state index is -0.927. The number of hydrogen-bond donors (Lipinski definition) is 2. The summed E-state index contributed by atoms with van der Waals surface area (Å²) in [6, 6.07) is 11.4. The number of hydrazine groups is 1. The summed E-state index contributed by atoms with van der Waals surface area (Å²) in [5, 5.41) is 11.5. The SMILES string of the molecule is CCCOc1ccc2cc(C(=O)NNC(=O)c3ccccc3[N+](=O)[O-])c(=O)oc2c1. The molecule has 2 aromatic carbocycles. The van der Waals surface area contributed by atoms with E-state index in [0.29, 0.717) is 17.7 Å². The Morgan fingerprint density at radius 3 is 2.47 bits per heavy atom. The Bertz CT molecular complexity index is 1190. The van der Waals surface area contributed by atoms with Crippen molar-refractivity contribution in [2.45, 2.75) is 13.3 Å². The van der Waals surface area contributed by atoms with Gasteiger partial charge >= 0.3 is 5.63 Å².